The van der Waals surface area contributed by atoms with Crippen LogP contribution in [0.15, 0.2) is 34.9 Å². The standard InChI is InChI=1S/C17H28O7P2/c1-5-8-17(11-6-9-15(2)3)12-7-10-16(4)13-14-23-26(21,22)24-25(18,19)20/h9,12-13H,6-7,10-11,14H2,1-4H3,(H,21,22)(H2,18,19,20). The van der Waals surface area contributed by atoms with Gasteiger partial charge in [0.1, 0.15) is 0 Å². The minimum atomic E-state index is -5.09. The van der Waals surface area contributed by atoms with Gasteiger partial charge in [-0.05, 0) is 59.0 Å². The van der Waals surface area contributed by atoms with Crippen LogP contribution in [0.25, 0.3) is 0 Å². The molecular weight excluding hydrogens is 378 g/mol. The molecule has 0 aliphatic heterocycles. The molecule has 0 saturated heterocycles. The van der Waals surface area contributed by atoms with Gasteiger partial charge in [-0.15, -0.1) is 5.92 Å². The Hall–Kier alpha value is -0.960. The van der Waals surface area contributed by atoms with Crippen LogP contribution in [0.3, 0.4) is 0 Å². The molecule has 1 unspecified atom stereocenters. The molecule has 0 heterocycles. The lowest BCUT2D eigenvalue weighted by molar-refractivity contribution is 0.191. The van der Waals surface area contributed by atoms with E-state index in [1.165, 1.54) is 5.57 Å². The van der Waals surface area contributed by atoms with Crippen molar-refractivity contribution in [3.8, 4) is 11.8 Å². The lowest BCUT2D eigenvalue weighted by atomic mass is 10.1. The lowest BCUT2D eigenvalue weighted by Gasteiger charge is -2.11. The van der Waals surface area contributed by atoms with E-state index in [0.29, 0.717) is 6.42 Å². The van der Waals surface area contributed by atoms with Gasteiger partial charge in [-0.2, -0.15) is 4.31 Å². The normalized spacial score (nSPS) is 15.0. The van der Waals surface area contributed by atoms with Crippen LogP contribution in [0.1, 0.15) is 53.4 Å². The molecule has 0 aromatic rings. The average Bonchev–Trinajstić information content (AvgIpc) is 2.44. The summed E-state index contributed by atoms with van der Waals surface area (Å²) in [6.07, 6.45) is 9.09. The number of hydrogen-bond donors (Lipinski definition) is 3. The topological polar surface area (TPSA) is 113 Å². The van der Waals surface area contributed by atoms with Crippen molar-refractivity contribution < 1.29 is 32.6 Å². The van der Waals surface area contributed by atoms with Crippen LogP contribution in [-0.4, -0.2) is 21.3 Å². The maximum absolute atomic E-state index is 11.3. The molecule has 9 heteroatoms. The Kier molecular flexibility index (Phi) is 12.0. The zero-order valence-corrected chi connectivity index (χ0v) is 17.4. The second-order valence-corrected chi connectivity index (χ2v) is 8.68. The van der Waals surface area contributed by atoms with Crippen LogP contribution in [0.2, 0.25) is 0 Å². The molecule has 148 valence electrons. The fourth-order valence-corrected chi connectivity index (χ4v) is 3.43. The third-order valence-corrected chi connectivity index (χ3v) is 5.21. The highest BCUT2D eigenvalue weighted by Gasteiger charge is 2.31. The molecule has 0 aromatic heterocycles. The first-order valence-electron chi connectivity index (χ1n) is 8.10. The number of allylic oxidation sites excluding steroid dienone is 5. The van der Waals surface area contributed by atoms with Gasteiger partial charge < -0.3 is 14.7 Å². The summed E-state index contributed by atoms with van der Waals surface area (Å²) >= 11 is 0. The van der Waals surface area contributed by atoms with Crippen molar-refractivity contribution in [2.24, 2.45) is 0 Å². The van der Waals surface area contributed by atoms with Gasteiger partial charge in [0.25, 0.3) is 0 Å². The van der Waals surface area contributed by atoms with Crippen molar-refractivity contribution in [2.75, 3.05) is 6.61 Å². The molecule has 3 N–H and O–H groups in total. The van der Waals surface area contributed by atoms with Crippen molar-refractivity contribution in [3.05, 3.63) is 34.9 Å². The van der Waals surface area contributed by atoms with E-state index in [1.807, 2.05) is 6.92 Å². The summed E-state index contributed by atoms with van der Waals surface area (Å²) in [5.74, 6) is 6.00. The molecule has 7 nitrogen and oxygen atoms in total. The number of rotatable bonds is 11. The third-order valence-electron chi connectivity index (χ3n) is 3.06. The molecule has 0 saturated carbocycles. The van der Waals surface area contributed by atoms with Crippen molar-refractivity contribution >= 4 is 15.6 Å². The Bertz CT molecular complexity index is 686. The summed E-state index contributed by atoms with van der Waals surface area (Å²) in [5.41, 5.74) is 3.26. The molecule has 0 spiro atoms. The summed E-state index contributed by atoms with van der Waals surface area (Å²) in [5, 5.41) is 0. The van der Waals surface area contributed by atoms with E-state index in [0.717, 1.165) is 30.4 Å². The molecule has 1 atom stereocenters. The Labute approximate surface area is 155 Å². The van der Waals surface area contributed by atoms with Crippen LogP contribution in [0, 0.1) is 11.8 Å². The summed E-state index contributed by atoms with van der Waals surface area (Å²) in [7, 11) is -9.87. The van der Waals surface area contributed by atoms with Crippen LogP contribution in [-0.2, 0) is 18.0 Å². The monoisotopic (exact) mass is 406 g/mol. The SMILES string of the molecule is CC#CC(=CCCC(C)=CCOP(=O)(O)OP(=O)(O)O)CCC=C(C)C. The van der Waals surface area contributed by atoms with Gasteiger partial charge in [0.15, 0.2) is 0 Å². The summed E-state index contributed by atoms with van der Waals surface area (Å²) in [4.78, 5) is 26.2. The zero-order valence-electron chi connectivity index (χ0n) is 15.6. The average molecular weight is 406 g/mol. The molecular formula is C17H28O7P2. The van der Waals surface area contributed by atoms with Gasteiger partial charge >= 0.3 is 15.6 Å². The van der Waals surface area contributed by atoms with Crippen molar-refractivity contribution in [1.29, 1.82) is 0 Å². The van der Waals surface area contributed by atoms with Gasteiger partial charge in [-0.25, -0.2) is 9.13 Å². The quantitative estimate of drug-likeness (QED) is 0.260. The summed E-state index contributed by atoms with van der Waals surface area (Å²) in [6.45, 7) is 7.45. The third kappa shape index (κ3) is 15.3. The maximum Gasteiger partial charge on any atom is 0.481 e. The molecule has 0 aromatic carbocycles. The highest BCUT2D eigenvalue weighted by atomic mass is 31.3. The summed E-state index contributed by atoms with van der Waals surface area (Å²) in [6, 6.07) is 0. The molecule has 0 bridgehead atoms. The van der Waals surface area contributed by atoms with Crippen molar-refractivity contribution in [3.63, 3.8) is 0 Å². The molecule has 26 heavy (non-hydrogen) atoms. The van der Waals surface area contributed by atoms with E-state index in [9.17, 15) is 9.13 Å². The second-order valence-electron chi connectivity index (χ2n) is 5.85. The smallest absolute Gasteiger partial charge is 0.302 e. The largest absolute Gasteiger partial charge is 0.481 e. The van der Waals surface area contributed by atoms with E-state index in [-0.39, 0.29) is 6.61 Å². The van der Waals surface area contributed by atoms with E-state index in [1.54, 1.807) is 13.0 Å². The van der Waals surface area contributed by atoms with Gasteiger partial charge in [0, 0.05) is 0 Å². The van der Waals surface area contributed by atoms with Crippen molar-refractivity contribution in [1.82, 2.24) is 0 Å². The first kappa shape index (κ1) is 25.0. The Morgan fingerprint density at radius 1 is 1.00 bits per heavy atom. The molecule has 0 aliphatic rings. The van der Waals surface area contributed by atoms with E-state index < -0.39 is 15.6 Å². The zero-order chi connectivity index (χ0) is 20.2. The fraction of sp³-hybridized carbons (Fsp3) is 0.529. The molecule has 0 amide bonds. The van der Waals surface area contributed by atoms with Gasteiger partial charge in [-0.1, -0.05) is 35.3 Å². The molecule has 0 fully saturated rings. The predicted octanol–water partition coefficient (Wildman–Crippen LogP) is 4.64. The first-order valence-corrected chi connectivity index (χ1v) is 11.1. The fourth-order valence-electron chi connectivity index (χ4n) is 1.90. The number of phosphoric ester groups is 1. The number of phosphoric acid groups is 2. The van der Waals surface area contributed by atoms with Crippen LogP contribution in [0.4, 0.5) is 0 Å². The van der Waals surface area contributed by atoms with Gasteiger partial charge in [0.05, 0.1) is 6.61 Å². The summed E-state index contributed by atoms with van der Waals surface area (Å²) < 4.78 is 30.0. The van der Waals surface area contributed by atoms with Crippen molar-refractivity contribution in [2.45, 2.75) is 53.4 Å². The van der Waals surface area contributed by atoms with E-state index >= 15 is 0 Å². The van der Waals surface area contributed by atoms with E-state index in [2.05, 4.69) is 46.7 Å². The minimum Gasteiger partial charge on any atom is -0.302 e. The van der Waals surface area contributed by atoms with Crippen LogP contribution < -0.4 is 0 Å². The highest BCUT2D eigenvalue weighted by Crippen LogP contribution is 2.57. The van der Waals surface area contributed by atoms with Gasteiger partial charge in [0.2, 0.25) is 0 Å². The minimum absolute atomic E-state index is 0.286. The first-order chi connectivity index (χ1) is 11.9. The lowest BCUT2D eigenvalue weighted by Crippen LogP contribution is -1.94. The Morgan fingerprint density at radius 2 is 1.62 bits per heavy atom. The van der Waals surface area contributed by atoms with Gasteiger partial charge in [-0.3, -0.25) is 4.52 Å². The Morgan fingerprint density at radius 3 is 2.15 bits per heavy atom. The number of hydrogen-bond acceptors (Lipinski definition) is 4. The van der Waals surface area contributed by atoms with E-state index in [4.69, 9.17) is 14.7 Å². The molecule has 0 aliphatic carbocycles. The predicted molar refractivity (Wildman–Crippen MR) is 102 cm³/mol. The molecule has 0 radical (unpaired) electrons. The van der Waals surface area contributed by atoms with Crippen LogP contribution >= 0.6 is 15.6 Å². The second kappa shape index (κ2) is 12.4. The van der Waals surface area contributed by atoms with Crippen LogP contribution in [0.5, 0.6) is 0 Å². The highest BCUT2D eigenvalue weighted by molar-refractivity contribution is 7.60. The maximum atomic E-state index is 11.3. The Balaban J connectivity index is 4.47. The molecule has 0 rings (SSSR count).